The maximum Gasteiger partial charge on any atom is 0.415 e. The van der Waals surface area contributed by atoms with Gasteiger partial charge in [-0.1, -0.05) is 13.8 Å². The molecule has 0 unspecified atom stereocenters. The lowest BCUT2D eigenvalue weighted by Crippen LogP contribution is -2.37. The van der Waals surface area contributed by atoms with E-state index in [4.69, 9.17) is 4.74 Å². The number of alkyl halides is 3. The van der Waals surface area contributed by atoms with Gasteiger partial charge < -0.3 is 9.64 Å². The van der Waals surface area contributed by atoms with Crippen LogP contribution >= 0.6 is 11.3 Å². The smallest absolute Gasteiger partial charge is 0.410 e. The first-order valence-corrected chi connectivity index (χ1v) is 9.35. The Hall–Kier alpha value is -2.09. The average Bonchev–Trinajstić information content (AvgIpc) is 2.52. The van der Waals surface area contributed by atoms with Crippen LogP contribution in [0.5, 0.6) is 5.75 Å². The van der Waals surface area contributed by atoms with E-state index in [0.717, 1.165) is 36.8 Å². The van der Waals surface area contributed by atoms with Crippen molar-refractivity contribution >= 4 is 27.5 Å². The SMILES string of the molecule is CN(CC(F)(F)F)C(=O)Oc1ccc2c(=O)c3c(sc2c1)CC(C)(C)CC3. The number of hydrogen-bond donors (Lipinski definition) is 0. The highest BCUT2D eigenvalue weighted by molar-refractivity contribution is 7.18. The summed E-state index contributed by atoms with van der Waals surface area (Å²) in [7, 11) is 1.02. The molecule has 0 saturated heterocycles. The lowest BCUT2D eigenvalue weighted by molar-refractivity contribution is -0.139. The first-order chi connectivity index (χ1) is 12.5. The first-order valence-electron chi connectivity index (χ1n) is 8.53. The second kappa shape index (κ2) is 6.82. The number of ether oxygens (including phenoxy) is 1. The van der Waals surface area contributed by atoms with Crippen LogP contribution in [0.3, 0.4) is 0 Å². The Kier molecular flexibility index (Phi) is 4.96. The van der Waals surface area contributed by atoms with Crippen LogP contribution < -0.4 is 10.2 Å². The maximum absolute atomic E-state index is 12.7. The molecule has 1 aliphatic rings. The second-order valence-electron chi connectivity index (χ2n) is 7.67. The van der Waals surface area contributed by atoms with E-state index < -0.39 is 18.8 Å². The zero-order valence-electron chi connectivity index (χ0n) is 15.3. The fourth-order valence-electron chi connectivity index (χ4n) is 3.22. The van der Waals surface area contributed by atoms with Crippen LogP contribution in [0.2, 0.25) is 0 Å². The van der Waals surface area contributed by atoms with E-state index >= 15 is 0 Å². The fourth-order valence-corrected chi connectivity index (χ4v) is 4.71. The van der Waals surface area contributed by atoms with E-state index in [9.17, 15) is 22.8 Å². The van der Waals surface area contributed by atoms with Crippen molar-refractivity contribution in [3.05, 3.63) is 38.9 Å². The van der Waals surface area contributed by atoms with E-state index in [1.165, 1.54) is 17.4 Å². The van der Waals surface area contributed by atoms with Crippen molar-refractivity contribution in [2.24, 2.45) is 5.41 Å². The number of halogens is 3. The zero-order valence-corrected chi connectivity index (χ0v) is 16.1. The molecular formula is C19H20F3NO3S. The van der Waals surface area contributed by atoms with Gasteiger partial charge in [-0.2, -0.15) is 13.2 Å². The highest BCUT2D eigenvalue weighted by Crippen LogP contribution is 2.37. The van der Waals surface area contributed by atoms with Gasteiger partial charge in [-0.3, -0.25) is 4.79 Å². The Morgan fingerprint density at radius 1 is 1.33 bits per heavy atom. The molecular weight excluding hydrogens is 379 g/mol. The largest absolute Gasteiger partial charge is 0.415 e. The van der Waals surface area contributed by atoms with E-state index in [2.05, 4.69) is 13.8 Å². The molecule has 1 heterocycles. The lowest BCUT2D eigenvalue weighted by atomic mass is 9.77. The Morgan fingerprint density at radius 3 is 2.70 bits per heavy atom. The Labute approximate surface area is 158 Å². The number of nitrogens with zero attached hydrogens (tertiary/aromatic N) is 1. The van der Waals surface area contributed by atoms with E-state index in [1.807, 2.05) is 0 Å². The number of fused-ring (bicyclic) bond motifs is 2. The molecule has 0 fully saturated rings. The third-order valence-electron chi connectivity index (χ3n) is 4.67. The van der Waals surface area contributed by atoms with Crippen LogP contribution in [0.15, 0.2) is 23.0 Å². The molecule has 2 aromatic rings. The summed E-state index contributed by atoms with van der Waals surface area (Å²) in [5, 5.41) is 0.543. The summed E-state index contributed by atoms with van der Waals surface area (Å²) < 4.78 is 42.9. The molecule has 0 bridgehead atoms. The Bertz CT molecular complexity index is 950. The van der Waals surface area contributed by atoms with Gasteiger partial charge in [0.05, 0.1) is 0 Å². The monoisotopic (exact) mass is 399 g/mol. The lowest BCUT2D eigenvalue weighted by Gasteiger charge is -2.30. The van der Waals surface area contributed by atoms with Gasteiger partial charge in [-0.15, -0.1) is 11.3 Å². The molecule has 1 aromatic heterocycles. The molecule has 1 aliphatic carbocycles. The fraction of sp³-hybridized carbons (Fsp3) is 0.474. The van der Waals surface area contributed by atoms with Gasteiger partial charge in [0.15, 0.2) is 5.43 Å². The molecule has 0 saturated carbocycles. The van der Waals surface area contributed by atoms with Crippen molar-refractivity contribution in [1.29, 1.82) is 0 Å². The molecule has 3 rings (SSSR count). The molecule has 8 heteroatoms. The van der Waals surface area contributed by atoms with Gasteiger partial charge in [0.2, 0.25) is 0 Å². The van der Waals surface area contributed by atoms with Crippen molar-refractivity contribution in [3.63, 3.8) is 0 Å². The Balaban J connectivity index is 1.89. The highest BCUT2D eigenvalue weighted by Gasteiger charge is 2.32. The van der Waals surface area contributed by atoms with Crippen molar-refractivity contribution in [2.75, 3.05) is 13.6 Å². The van der Waals surface area contributed by atoms with Crippen molar-refractivity contribution < 1.29 is 22.7 Å². The first kappa shape index (κ1) is 19.7. The van der Waals surface area contributed by atoms with Crippen LogP contribution in [-0.4, -0.2) is 30.8 Å². The van der Waals surface area contributed by atoms with Crippen molar-refractivity contribution in [1.82, 2.24) is 4.90 Å². The molecule has 27 heavy (non-hydrogen) atoms. The molecule has 0 atom stereocenters. The number of amides is 1. The summed E-state index contributed by atoms with van der Waals surface area (Å²) in [5.41, 5.74) is 0.955. The topological polar surface area (TPSA) is 46.6 Å². The molecule has 1 aromatic carbocycles. The molecule has 146 valence electrons. The van der Waals surface area contributed by atoms with Gasteiger partial charge >= 0.3 is 12.3 Å². The van der Waals surface area contributed by atoms with Gasteiger partial charge in [0.25, 0.3) is 0 Å². The average molecular weight is 399 g/mol. The van der Waals surface area contributed by atoms with Gasteiger partial charge in [0.1, 0.15) is 12.3 Å². The number of carbonyl (C=O) groups excluding carboxylic acids is 1. The van der Waals surface area contributed by atoms with E-state index in [1.54, 1.807) is 12.1 Å². The zero-order chi connectivity index (χ0) is 20.0. The summed E-state index contributed by atoms with van der Waals surface area (Å²) >= 11 is 1.48. The normalized spacial score (nSPS) is 16.1. The van der Waals surface area contributed by atoms with Crippen LogP contribution in [0.1, 0.15) is 30.7 Å². The molecule has 0 radical (unpaired) electrons. The van der Waals surface area contributed by atoms with Crippen molar-refractivity contribution in [3.8, 4) is 5.75 Å². The number of benzene rings is 1. The van der Waals surface area contributed by atoms with E-state index in [-0.39, 0.29) is 16.6 Å². The molecule has 0 N–H and O–H groups in total. The minimum Gasteiger partial charge on any atom is -0.410 e. The van der Waals surface area contributed by atoms with Gasteiger partial charge in [-0.05, 0) is 42.9 Å². The number of rotatable bonds is 2. The standard InChI is InChI=1S/C19H20F3NO3S/c1-18(2)7-6-13-15(9-18)27-14-8-11(4-5-12(14)16(13)24)26-17(25)23(3)10-19(20,21)22/h4-5,8H,6-7,9-10H2,1-3H3. The van der Waals surface area contributed by atoms with Crippen LogP contribution in [0, 0.1) is 5.41 Å². The van der Waals surface area contributed by atoms with Crippen LogP contribution in [0.25, 0.3) is 10.1 Å². The molecule has 0 aliphatic heterocycles. The third kappa shape index (κ3) is 4.43. The minimum atomic E-state index is -4.50. The molecule has 0 spiro atoms. The third-order valence-corrected chi connectivity index (χ3v) is 5.86. The number of carbonyl (C=O) groups is 1. The summed E-state index contributed by atoms with van der Waals surface area (Å²) in [6, 6.07) is 4.55. The van der Waals surface area contributed by atoms with Gasteiger partial charge in [0, 0.05) is 27.6 Å². The number of hydrogen-bond acceptors (Lipinski definition) is 4. The second-order valence-corrected chi connectivity index (χ2v) is 8.81. The highest BCUT2D eigenvalue weighted by atomic mass is 32.1. The predicted molar refractivity (Wildman–Crippen MR) is 98.6 cm³/mol. The van der Waals surface area contributed by atoms with Crippen LogP contribution in [0.4, 0.5) is 18.0 Å². The summed E-state index contributed by atoms with van der Waals surface area (Å²) in [6.07, 6.45) is -3.10. The van der Waals surface area contributed by atoms with Gasteiger partial charge in [-0.25, -0.2) is 4.79 Å². The Morgan fingerprint density at radius 2 is 2.04 bits per heavy atom. The minimum absolute atomic E-state index is 0.0127. The summed E-state index contributed by atoms with van der Waals surface area (Å²) in [5.74, 6) is 0.118. The quantitative estimate of drug-likeness (QED) is 0.731. The molecule has 4 nitrogen and oxygen atoms in total. The summed E-state index contributed by atoms with van der Waals surface area (Å²) in [4.78, 5) is 26.1. The molecule has 1 amide bonds. The van der Waals surface area contributed by atoms with Crippen molar-refractivity contribution in [2.45, 2.75) is 39.3 Å². The summed E-state index contributed by atoms with van der Waals surface area (Å²) in [6.45, 7) is 2.92. The van der Waals surface area contributed by atoms with E-state index in [0.29, 0.717) is 15.0 Å². The maximum atomic E-state index is 12.7. The van der Waals surface area contributed by atoms with Crippen LogP contribution in [-0.2, 0) is 12.8 Å². The predicted octanol–water partition coefficient (Wildman–Crippen LogP) is 4.77.